The van der Waals surface area contributed by atoms with Gasteiger partial charge in [0.05, 0.1) is 20.3 Å². The van der Waals surface area contributed by atoms with Crippen molar-refractivity contribution in [3.8, 4) is 11.5 Å². The van der Waals surface area contributed by atoms with Crippen LogP contribution in [0.25, 0.3) is 0 Å². The summed E-state index contributed by atoms with van der Waals surface area (Å²) < 4.78 is 10.7. The minimum Gasteiger partial charge on any atom is -0.493 e. The molecule has 0 spiro atoms. The smallest absolute Gasteiger partial charge is 0.161 e. The molecule has 1 aromatic carbocycles. The first-order valence-electron chi connectivity index (χ1n) is 7.03. The predicted octanol–water partition coefficient (Wildman–Crippen LogP) is 3.11. The summed E-state index contributed by atoms with van der Waals surface area (Å²) in [5.74, 6) is 2.28. The fraction of sp³-hybridized carbons (Fsp3) is 0.625. The summed E-state index contributed by atoms with van der Waals surface area (Å²) in [6.45, 7) is 2.12. The predicted molar refractivity (Wildman–Crippen MR) is 76.0 cm³/mol. The first-order chi connectivity index (χ1) is 9.13. The number of aliphatic hydroxyl groups excluding tert-OH is 1. The normalized spacial score (nSPS) is 23.2. The van der Waals surface area contributed by atoms with E-state index in [1.165, 1.54) is 11.1 Å². The van der Waals surface area contributed by atoms with E-state index >= 15 is 0 Å². The van der Waals surface area contributed by atoms with Crippen LogP contribution in [-0.4, -0.2) is 25.4 Å². The zero-order valence-electron chi connectivity index (χ0n) is 12.1. The molecule has 0 amide bonds. The van der Waals surface area contributed by atoms with Crippen molar-refractivity contribution in [1.29, 1.82) is 0 Å². The van der Waals surface area contributed by atoms with Crippen molar-refractivity contribution in [2.75, 3.05) is 14.2 Å². The maximum absolute atomic E-state index is 9.56. The molecule has 0 saturated heterocycles. The highest BCUT2D eigenvalue weighted by atomic mass is 16.5. The maximum Gasteiger partial charge on any atom is 0.161 e. The summed E-state index contributed by atoms with van der Waals surface area (Å²) in [4.78, 5) is 0. The van der Waals surface area contributed by atoms with Crippen LogP contribution in [0.3, 0.4) is 0 Å². The summed E-state index contributed by atoms with van der Waals surface area (Å²) in [5.41, 5.74) is 2.59. The lowest BCUT2D eigenvalue weighted by molar-refractivity contribution is 0.108. The first-order valence-corrected chi connectivity index (χ1v) is 7.03. The Morgan fingerprint density at radius 2 is 1.63 bits per heavy atom. The van der Waals surface area contributed by atoms with Gasteiger partial charge in [0, 0.05) is 0 Å². The van der Waals surface area contributed by atoms with Gasteiger partial charge in [-0.1, -0.05) is 0 Å². The average Bonchev–Trinajstić information content (AvgIpc) is 2.43. The Hall–Kier alpha value is -1.22. The van der Waals surface area contributed by atoms with E-state index in [1.54, 1.807) is 14.2 Å². The minimum atomic E-state index is -0.0808. The van der Waals surface area contributed by atoms with Crippen molar-refractivity contribution < 1.29 is 14.6 Å². The summed E-state index contributed by atoms with van der Waals surface area (Å²) in [5, 5.41) is 9.56. The molecule has 0 unspecified atom stereocenters. The van der Waals surface area contributed by atoms with Crippen LogP contribution < -0.4 is 9.47 Å². The molecule has 3 heteroatoms. The molecule has 0 radical (unpaired) electrons. The molecule has 1 aliphatic rings. The van der Waals surface area contributed by atoms with Gasteiger partial charge in [0.2, 0.25) is 0 Å². The third-order valence-electron chi connectivity index (χ3n) is 4.17. The Labute approximate surface area is 115 Å². The van der Waals surface area contributed by atoms with Gasteiger partial charge in [-0.3, -0.25) is 0 Å². The van der Waals surface area contributed by atoms with Crippen LogP contribution in [0.1, 0.15) is 36.8 Å². The molecule has 0 heterocycles. The van der Waals surface area contributed by atoms with Gasteiger partial charge in [0.15, 0.2) is 11.5 Å². The lowest BCUT2D eigenvalue weighted by atomic mass is 9.82. The van der Waals surface area contributed by atoms with E-state index in [9.17, 15) is 5.11 Å². The van der Waals surface area contributed by atoms with E-state index in [4.69, 9.17) is 9.47 Å². The molecular weight excluding hydrogens is 240 g/mol. The molecule has 3 nitrogen and oxygen atoms in total. The molecular formula is C16H24O3. The zero-order valence-corrected chi connectivity index (χ0v) is 12.1. The lowest BCUT2D eigenvalue weighted by Crippen LogP contribution is -2.19. The summed E-state index contributed by atoms with van der Waals surface area (Å²) in [6, 6.07) is 4.14. The van der Waals surface area contributed by atoms with E-state index in [1.807, 2.05) is 6.07 Å². The standard InChI is InChI=1S/C16H24O3/c1-11-8-15(18-2)16(19-3)10-13(11)9-12-4-6-14(17)7-5-12/h8,10,12,14,17H,4-7,9H2,1-3H3. The summed E-state index contributed by atoms with van der Waals surface area (Å²) >= 11 is 0. The van der Waals surface area contributed by atoms with Crippen LogP contribution in [0.5, 0.6) is 11.5 Å². The molecule has 1 fully saturated rings. The summed E-state index contributed by atoms with van der Waals surface area (Å²) in [7, 11) is 3.34. The van der Waals surface area contributed by atoms with E-state index in [2.05, 4.69) is 13.0 Å². The molecule has 1 aromatic rings. The van der Waals surface area contributed by atoms with Gasteiger partial charge in [-0.2, -0.15) is 0 Å². The molecule has 0 aliphatic heterocycles. The fourth-order valence-corrected chi connectivity index (χ4v) is 2.90. The number of methoxy groups -OCH3 is 2. The third kappa shape index (κ3) is 3.41. The van der Waals surface area contributed by atoms with Crippen LogP contribution in [-0.2, 0) is 6.42 Å². The molecule has 1 N–H and O–H groups in total. The molecule has 19 heavy (non-hydrogen) atoms. The molecule has 1 saturated carbocycles. The Morgan fingerprint density at radius 1 is 1.05 bits per heavy atom. The van der Waals surface area contributed by atoms with Gasteiger partial charge in [-0.15, -0.1) is 0 Å². The van der Waals surface area contributed by atoms with Crippen molar-refractivity contribution in [1.82, 2.24) is 0 Å². The quantitative estimate of drug-likeness (QED) is 0.908. The molecule has 1 aliphatic carbocycles. The van der Waals surface area contributed by atoms with Crippen molar-refractivity contribution in [3.05, 3.63) is 23.3 Å². The Kier molecular flexibility index (Phi) is 4.70. The highest BCUT2D eigenvalue weighted by Crippen LogP contribution is 2.34. The molecule has 106 valence electrons. The number of aliphatic hydroxyl groups is 1. The Bertz CT molecular complexity index is 420. The number of hydrogen-bond donors (Lipinski definition) is 1. The van der Waals surface area contributed by atoms with Gasteiger partial charge in [-0.25, -0.2) is 0 Å². The van der Waals surface area contributed by atoms with Gasteiger partial charge < -0.3 is 14.6 Å². The molecule has 0 atom stereocenters. The number of benzene rings is 1. The maximum atomic E-state index is 9.56. The lowest BCUT2D eigenvalue weighted by Gasteiger charge is -2.26. The van der Waals surface area contributed by atoms with Gasteiger partial charge in [0.25, 0.3) is 0 Å². The molecule has 0 aromatic heterocycles. The van der Waals surface area contributed by atoms with E-state index < -0.39 is 0 Å². The van der Waals surface area contributed by atoms with E-state index in [-0.39, 0.29) is 6.10 Å². The van der Waals surface area contributed by atoms with Crippen molar-refractivity contribution in [2.24, 2.45) is 5.92 Å². The van der Waals surface area contributed by atoms with E-state index in [0.717, 1.165) is 43.6 Å². The van der Waals surface area contributed by atoms with Crippen molar-refractivity contribution in [3.63, 3.8) is 0 Å². The summed E-state index contributed by atoms with van der Waals surface area (Å²) in [6.07, 6.45) is 5.11. The topological polar surface area (TPSA) is 38.7 Å². The monoisotopic (exact) mass is 264 g/mol. The second-order valence-corrected chi connectivity index (χ2v) is 5.51. The first kappa shape index (κ1) is 14.2. The van der Waals surface area contributed by atoms with Gasteiger partial charge in [-0.05, 0) is 68.2 Å². The number of hydrogen-bond acceptors (Lipinski definition) is 3. The van der Waals surface area contributed by atoms with Crippen LogP contribution in [0.4, 0.5) is 0 Å². The molecule has 2 rings (SSSR count). The third-order valence-corrected chi connectivity index (χ3v) is 4.17. The highest BCUT2D eigenvalue weighted by molar-refractivity contribution is 5.47. The largest absolute Gasteiger partial charge is 0.493 e. The van der Waals surface area contributed by atoms with Gasteiger partial charge >= 0.3 is 0 Å². The Balaban J connectivity index is 2.11. The van der Waals surface area contributed by atoms with Crippen LogP contribution in [0.2, 0.25) is 0 Å². The van der Waals surface area contributed by atoms with Crippen LogP contribution in [0.15, 0.2) is 12.1 Å². The van der Waals surface area contributed by atoms with Crippen LogP contribution >= 0.6 is 0 Å². The molecule has 0 bridgehead atoms. The zero-order chi connectivity index (χ0) is 13.8. The number of rotatable bonds is 4. The average molecular weight is 264 g/mol. The SMILES string of the molecule is COc1cc(C)c(CC2CCC(O)CC2)cc1OC. The second-order valence-electron chi connectivity index (χ2n) is 5.51. The van der Waals surface area contributed by atoms with Gasteiger partial charge in [0.1, 0.15) is 0 Å². The van der Waals surface area contributed by atoms with Crippen LogP contribution in [0, 0.1) is 12.8 Å². The fourth-order valence-electron chi connectivity index (χ4n) is 2.90. The Morgan fingerprint density at radius 3 is 2.21 bits per heavy atom. The van der Waals surface area contributed by atoms with E-state index in [0.29, 0.717) is 5.92 Å². The number of aryl methyl sites for hydroxylation is 1. The minimum absolute atomic E-state index is 0.0808. The van der Waals surface area contributed by atoms with Crippen molar-refractivity contribution in [2.45, 2.75) is 45.1 Å². The number of ether oxygens (including phenoxy) is 2. The highest BCUT2D eigenvalue weighted by Gasteiger charge is 2.20. The van der Waals surface area contributed by atoms with Crippen molar-refractivity contribution >= 4 is 0 Å². The second kappa shape index (κ2) is 6.29.